The Morgan fingerprint density at radius 2 is 1.90 bits per heavy atom. The van der Waals surface area contributed by atoms with Crippen molar-refractivity contribution in [2.24, 2.45) is 7.05 Å². The van der Waals surface area contributed by atoms with Crippen molar-refractivity contribution in [2.45, 2.75) is 64.2 Å². The summed E-state index contributed by atoms with van der Waals surface area (Å²) in [6.45, 7) is 8.05. The molecule has 1 amide bonds. The maximum atomic E-state index is 12.3. The number of aryl methyl sites for hydroxylation is 1. The third-order valence-corrected chi connectivity index (χ3v) is 4.11. The number of imidazole rings is 1. The predicted molar refractivity (Wildman–Crippen MR) is 80.1 cm³/mol. The first-order valence-electron chi connectivity index (χ1n) is 7.38. The normalized spacial score (nSPS) is 22.2. The van der Waals surface area contributed by atoms with E-state index >= 15 is 0 Å². The van der Waals surface area contributed by atoms with Crippen molar-refractivity contribution >= 4 is 5.91 Å². The smallest absolute Gasteiger partial charge is 0.262 e. The van der Waals surface area contributed by atoms with Crippen LogP contribution in [0, 0.1) is 5.21 Å². The van der Waals surface area contributed by atoms with Gasteiger partial charge in [0.25, 0.3) is 5.91 Å². The lowest BCUT2D eigenvalue weighted by atomic mass is 9.79. The zero-order chi connectivity index (χ0) is 15.8. The lowest BCUT2D eigenvalue weighted by Crippen LogP contribution is -2.62. The number of nitrogens with one attached hydrogen (secondary N) is 1. The molecule has 1 aromatic heterocycles. The molecule has 2 rings (SSSR count). The molecule has 0 unspecified atom stereocenters. The third-order valence-electron chi connectivity index (χ3n) is 4.11. The number of hydroxylamine groups is 2. The van der Waals surface area contributed by atoms with Crippen molar-refractivity contribution in [3.8, 4) is 0 Å². The van der Waals surface area contributed by atoms with E-state index < -0.39 is 11.1 Å². The highest BCUT2D eigenvalue weighted by atomic mass is 16.5. The molecule has 1 aliphatic heterocycles. The SMILES string of the molecule is C[n+]1ccn(CC(=O)NC2CC(C)(C)N([O-])C(C)(C)C2)c1. The summed E-state index contributed by atoms with van der Waals surface area (Å²) in [5.74, 6) is -0.0119. The third kappa shape index (κ3) is 3.63. The van der Waals surface area contributed by atoms with E-state index in [1.807, 2.05) is 62.6 Å². The topological polar surface area (TPSA) is 64.2 Å². The van der Waals surface area contributed by atoms with Crippen molar-refractivity contribution in [1.29, 1.82) is 0 Å². The van der Waals surface area contributed by atoms with Crippen molar-refractivity contribution in [3.05, 3.63) is 23.9 Å². The standard InChI is InChI=1S/C15H26N4O2/c1-14(2)8-12(9-15(3,4)19(14)21)16-13(20)10-18-7-6-17(5)11-18/h6-7,11-12H,8-10H2,1-5H3,(H,16,20). The van der Waals surface area contributed by atoms with E-state index in [1.165, 1.54) is 5.06 Å². The summed E-state index contributed by atoms with van der Waals surface area (Å²) in [5, 5.41) is 16.5. The highest BCUT2D eigenvalue weighted by molar-refractivity contribution is 5.76. The van der Waals surface area contributed by atoms with Crippen molar-refractivity contribution in [3.63, 3.8) is 0 Å². The molecule has 6 nitrogen and oxygen atoms in total. The van der Waals surface area contributed by atoms with Gasteiger partial charge in [-0.15, -0.1) is 0 Å². The molecule has 0 spiro atoms. The Labute approximate surface area is 126 Å². The van der Waals surface area contributed by atoms with E-state index in [0.29, 0.717) is 19.4 Å². The average Bonchev–Trinajstić information content (AvgIpc) is 2.70. The Kier molecular flexibility index (Phi) is 4.13. The van der Waals surface area contributed by atoms with Crippen LogP contribution in [0.1, 0.15) is 40.5 Å². The van der Waals surface area contributed by atoms with Crippen molar-refractivity contribution in [2.75, 3.05) is 0 Å². The van der Waals surface area contributed by atoms with Crippen LogP contribution in [-0.2, 0) is 18.4 Å². The minimum atomic E-state index is -0.459. The number of rotatable bonds is 3. The molecule has 0 saturated carbocycles. The number of nitrogens with zero attached hydrogens (tertiary/aromatic N) is 3. The van der Waals surface area contributed by atoms with Gasteiger partial charge in [0.1, 0.15) is 12.4 Å². The Hall–Kier alpha value is -1.40. The number of piperidine rings is 1. The monoisotopic (exact) mass is 294 g/mol. The van der Waals surface area contributed by atoms with Crippen LogP contribution in [0.4, 0.5) is 0 Å². The Morgan fingerprint density at radius 3 is 2.38 bits per heavy atom. The van der Waals surface area contributed by atoms with E-state index in [4.69, 9.17) is 0 Å². The molecule has 0 atom stereocenters. The molecule has 21 heavy (non-hydrogen) atoms. The number of amides is 1. The summed E-state index contributed by atoms with van der Waals surface area (Å²) < 4.78 is 3.74. The maximum Gasteiger partial charge on any atom is 0.262 e. The minimum Gasteiger partial charge on any atom is -0.784 e. The van der Waals surface area contributed by atoms with Crippen LogP contribution in [0.3, 0.4) is 0 Å². The number of carbonyl (C=O) groups excluding carboxylic acids is 1. The second-order valence-corrected chi connectivity index (χ2v) is 7.34. The molecule has 1 saturated heterocycles. The fraction of sp³-hybridized carbons (Fsp3) is 0.733. The second kappa shape index (κ2) is 5.42. The summed E-state index contributed by atoms with van der Waals surface area (Å²) in [6.07, 6.45) is 6.98. The summed E-state index contributed by atoms with van der Waals surface area (Å²) in [6, 6.07) is 0.0389. The van der Waals surface area contributed by atoms with Gasteiger partial charge < -0.3 is 15.6 Å². The van der Waals surface area contributed by atoms with Crippen molar-refractivity contribution in [1.82, 2.24) is 14.9 Å². The van der Waals surface area contributed by atoms with Gasteiger partial charge in [-0.2, -0.15) is 0 Å². The molecular formula is C15H26N4O2. The van der Waals surface area contributed by atoms with E-state index in [1.54, 1.807) is 0 Å². The van der Waals surface area contributed by atoms with Gasteiger partial charge in [0.15, 0.2) is 6.54 Å². The maximum absolute atomic E-state index is 12.3. The van der Waals surface area contributed by atoms with Crippen LogP contribution in [0.15, 0.2) is 18.7 Å². The van der Waals surface area contributed by atoms with Crippen LogP contribution < -0.4 is 9.88 Å². The summed E-state index contributed by atoms with van der Waals surface area (Å²) >= 11 is 0. The van der Waals surface area contributed by atoms with Gasteiger partial charge in [-0.05, 0) is 40.5 Å². The van der Waals surface area contributed by atoms with E-state index in [-0.39, 0.29) is 11.9 Å². The van der Waals surface area contributed by atoms with Crippen LogP contribution in [0.2, 0.25) is 0 Å². The van der Waals surface area contributed by atoms with Crippen LogP contribution >= 0.6 is 0 Å². The summed E-state index contributed by atoms with van der Waals surface area (Å²) in [4.78, 5) is 12.2. The first-order chi connectivity index (χ1) is 9.60. The first-order valence-corrected chi connectivity index (χ1v) is 7.38. The Bertz CT molecular complexity index is 503. The quantitative estimate of drug-likeness (QED) is 0.844. The Balaban J connectivity index is 1.98. The predicted octanol–water partition coefficient (Wildman–Crippen LogP) is 0.948. The van der Waals surface area contributed by atoms with Gasteiger partial charge in [0, 0.05) is 17.1 Å². The molecule has 0 aromatic carbocycles. The van der Waals surface area contributed by atoms with Gasteiger partial charge in [-0.1, -0.05) is 0 Å². The highest BCUT2D eigenvalue weighted by Gasteiger charge is 2.40. The number of carbonyl (C=O) groups is 1. The van der Waals surface area contributed by atoms with Crippen LogP contribution in [0.25, 0.3) is 0 Å². The molecule has 0 bridgehead atoms. The zero-order valence-corrected chi connectivity index (χ0v) is 13.6. The largest absolute Gasteiger partial charge is 0.784 e. The lowest BCUT2D eigenvalue weighted by Gasteiger charge is -2.59. The van der Waals surface area contributed by atoms with Gasteiger partial charge in [0.05, 0.1) is 7.05 Å². The second-order valence-electron chi connectivity index (χ2n) is 7.34. The molecule has 0 aliphatic carbocycles. The highest BCUT2D eigenvalue weighted by Crippen LogP contribution is 2.37. The van der Waals surface area contributed by atoms with Crippen LogP contribution in [-0.4, -0.2) is 32.7 Å². The number of hydrogen-bond donors (Lipinski definition) is 1. The molecule has 2 heterocycles. The molecule has 1 aromatic rings. The minimum absolute atomic E-state index is 0.0119. The zero-order valence-electron chi connectivity index (χ0n) is 13.6. The number of aromatic nitrogens is 2. The van der Waals surface area contributed by atoms with Gasteiger partial charge in [-0.25, -0.2) is 9.13 Å². The molecule has 1 N–H and O–H groups in total. The van der Waals surface area contributed by atoms with Crippen LogP contribution in [0.5, 0.6) is 0 Å². The fourth-order valence-electron chi connectivity index (χ4n) is 3.40. The molecule has 1 aliphatic rings. The van der Waals surface area contributed by atoms with Crippen molar-refractivity contribution < 1.29 is 9.36 Å². The fourth-order valence-corrected chi connectivity index (χ4v) is 3.40. The molecule has 6 heteroatoms. The molecule has 0 radical (unpaired) electrons. The van der Waals surface area contributed by atoms with Gasteiger partial charge in [0.2, 0.25) is 6.33 Å². The molecular weight excluding hydrogens is 268 g/mol. The molecule has 118 valence electrons. The van der Waals surface area contributed by atoms with E-state index in [0.717, 1.165) is 0 Å². The lowest BCUT2D eigenvalue weighted by molar-refractivity contribution is -0.671. The first kappa shape index (κ1) is 16.0. The molecule has 1 fully saturated rings. The Morgan fingerprint density at radius 1 is 1.33 bits per heavy atom. The summed E-state index contributed by atoms with van der Waals surface area (Å²) in [5.41, 5.74) is -0.917. The number of hydrogen-bond acceptors (Lipinski definition) is 3. The van der Waals surface area contributed by atoms with E-state index in [2.05, 4.69) is 5.32 Å². The average molecular weight is 294 g/mol. The summed E-state index contributed by atoms with van der Waals surface area (Å²) in [7, 11) is 1.92. The van der Waals surface area contributed by atoms with E-state index in [9.17, 15) is 10.0 Å². The van der Waals surface area contributed by atoms with Gasteiger partial charge in [-0.3, -0.25) is 4.79 Å². The van der Waals surface area contributed by atoms with Gasteiger partial charge >= 0.3 is 0 Å².